The van der Waals surface area contributed by atoms with E-state index in [0.717, 1.165) is 0 Å². The number of hydrogen-bond acceptors (Lipinski definition) is 1. The van der Waals surface area contributed by atoms with Crippen LogP contribution in [0.5, 0.6) is 0 Å². The molecule has 0 aromatic rings. The van der Waals surface area contributed by atoms with Crippen molar-refractivity contribution in [3.8, 4) is 0 Å². The normalized spacial score (nSPS) is 0.667. The molecule has 0 aliphatic carbocycles. The van der Waals surface area contributed by atoms with E-state index in [0.29, 0.717) is 0 Å². The van der Waals surface area contributed by atoms with Crippen LogP contribution in [-0.2, 0) is 196 Å². The van der Waals surface area contributed by atoms with Gasteiger partial charge in [0.15, 0.2) is 0 Å². The molecule has 0 fully saturated rings. The molecule has 0 aromatic carbocycles. The molecule has 1 atom stereocenters. The first-order valence-corrected chi connectivity index (χ1v) is 0.316. The van der Waals surface area contributed by atoms with Crippen LogP contribution in [0.4, 0.5) is 0 Å². The Bertz CT molecular complexity index is 13.0. The zero-order valence-corrected chi connectivity index (χ0v) is 23.8. The van der Waals surface area contributed by atoms with Gasteiger partial charge >= 0.3 is 0 Å². The van der Waals surface area contributed by atoms with Crippen LogP contribution < -0.4 is 0 Å². The van der Waals surface area contributed by atoms with Crippen molar-refractivity contribution in [2.45, 2.75) is 0 Å². The van der Waals surface area contributed by atoms with E-state index in [1.807, 2.05) is 0 Å². The van der Waals surface area contributed by atoms with Gasteiger partial charge in [-0.3, -0.25) is 0 Å². The Morgan fingerprint density at radius 2 is 0.556 bits per heavy atom. The van der Waals surface area contributed by atoms with Crippen molar-refractivity contribution in [1.82, 2.24) is 0 Å². The standard InChI is InChI=1S/CH3O.H3P.6Y/c1-2;;;;;;;/h2H,1H2;1H3;;;;;;/q-1;;;;;;;. The average molecular weight is 598 g/mol. The van der Waals surface area contributed by atoms with Gasteiger partial charge in [0.05, 0.1) is 0 Å². The maximum atomic E-state index is 6.75. The van der Waals surface area contributed by atoms with Gasteiger partial charge in [0.1, 0.15) is 0 Å². The predicted molar refractivity (Wildman–Crippen MR) is 18.4 cm³/mol. The molecule has 1 unspecified atom stereocenters. The Kier molecular flexibility index (Phi) is 374. The number of aliphatic hydroxyl groups excluding tert-OH is 1. The van der Waals surface area contributed by atoms with Gasteiger partial charge in [-0.05, 0) is 0 Å². The van der Waals surface area contributed by atoms with Gasteiger partial charge < -0.3 is 5.11 Å². The maximum Gasteiger partial charge on any atom is 0 e. The molecule has 0 aliphatic heterocycles. The minimum atomic E-state index is 0. The minimum Gasteiger partial charge on any atom is -0.569 e. The maximum absolute atomic E-state index is 6.75. The van der Waals surface area contributed by atoms with Crippen molar-refractivity contribution in [3.05, 3.63) is 7.11 Å². The number of aliphatic hydroxyl groups is 1. The molecule has 0 aliphatic rings. The van der Waals surface area contributed by atoms with E-state index in [1.165, 1.54) is 0 Å². The van der Waals surface area contributed by atoms with E-state index in [4.69, 9.17) is 5.11 Å². The van der Waals surface area contributed by atoms with Crippen LogP contribution in [0.15, 0.2) is 0 Å². The first-order chi connectivity index (χ1) is 1.00. The Hall–Kier alpha value is 7.01. The molecular formula is CH6OPY6-. The fourth-order valence-electron chi connectivity index (χ4n) is 0. The molecule has 0 saturated heterocycles. The molecule has 0 heterocycles. The van der Waals surface area contributed by atoms with E-state index in [9.17, 15) is 0 Å². The fourth-order valence-corrected chi connectivity index (χ4v) is 0. The van der Waals surface area contributed by atoms with Gasteiger partial charge in [0.25, 0.3) is 0 Å². The SMILES string of the molecule is P.[CH2-]O.[Y].[Y].[Y].[Y].[Y].[Y]. The second-order valence-electron chi connectivity index (χ2n) is 0. The van der Waals surface area contributed by atoms with E-state index in [2.05, 4.69) is 7.11 Å². The molecule has 0 saturated carbocycles. The molecule has 40 valence electrons. The predicted octanol–water partition coefficient (Wildman–Crippen LogP) is 0.194. The Labute approximate surface area is 212 Å². The number of hydrogen-bond donors (Lipinski definition) is 1. The van der Waals surface area contributed by atoms with Crippen LogP contribution in [0.25, 0.3) is 0 Å². The summed E-state index contributed by atoms with van der Waals surface area (Å²) in [4.78, 5) is 0. The first-order valence-electron chi connectivity index (χ1n) is 0.316. The summed E-state index contributed by atoms with van der Waals surface area (Å²) in [6, 6.07) is 0. The summed E-state index contributed by atoms with van der Waals surface area (Å²) in [5.41, 5.74) is 0. The monoisotopic (exact) mass is 598 g/mol. The van der Waals surface area contributed by atoms with Gasteiger partial charge in [0, 0.05) is 196 Å². The summed E-state index contributed by atoms with van der Waals surface area (Å²) < 4.78 is 0. The van der Waals surface area contributed by atoms with Crippen molar-refractivity contribution in [2.24, 2.45) is 0 Å². The van der Waals surface area contributed by atoms with E-state index >= 15 is 0 Å². The van der Waals surface area contributed by atoms with Gasteiger partial charge in [-0.15, -0.1) is 0 Å². The van der Waals surface area contributed by atoms with Crippen LogP contribution in [0.3, 0.4) is 0 Å². The Balaban J connectivity index is -0.000000000238. The van der Waals surface area contributed by atoms with Gasteiger partial charge in [-0.2, -0.15) is 9.90 Å². The molecule has 0 bridgehead atoms. The second kappa shape index (κ2) is 59.9. The van der Waals surface area contributed by atoms with E-state index < -0.39 is 0 Å². The van der Waals surface area contributed by atoms with Crippen molar-refractivity contribution in [3.63, 3.8) is 0 Å². The molecule has 0 spiro atoms. The largest absolute Gasteiger partial charge is 0.569 e. The summed E-state index contributed by atoms with van der Waals surface area (Å²) in [6.45, 7) is 0. The molecule has 8 heteroatoms. The van der Waals surface area contributed by atoms with Gasteiger partial charge in [0.2, 0.25) is 0 Å². The summed E-state index contributed by atoms with van der Waals surface area (Å²) in [7, 11) is 2.25. The Morgan fingerprint density at radius 1 is 0.556 bits per heavy atom. The minimum absolute atomic E-state index is 0. The average Bonchev–Trinajstić information content (AvgIpc) is 1.00. The summed E-state index contributed by atoms with van der Waals surface area (Å²) in [5.74, 6) is 0. The molecule has 1 N–H and O–H groups in total. The van der Waals surface area contributed by atoms with Crippen molar-refractivity contribution in [1.29, 1.82) is 0 Å². The topological polar surface area (TPSA) is 20.2 Å². The second-order valence-corrected chi connectivity index (χ2v) is 0. The molecule has 1 nitrogen and oxygen atoms in total. The summed E-state index contributed by atoms with van der Waals surface area (Å²) in [5, 5.41) is 6.75. The quantitative estimate of drug-likeness (QED) is 0.312. The zero-order valence-electron chi connectivity index (χ0n) is 5.33. The smallest absolute Gasteiger partial charge is 0 e. The van der Waals surface area contributed by atoms with Crippen molar-refractivity contribution in [2.75, 3.05) is 0 Å². The first kappa shape index (κ1) is 56.2. The van der Waals surface area contributed by atoms with Crippen LogP contribution in [0, 0.1) is 7.11 Å². The molecule has 6 radical (unpaired) electrons. The van der Waals surface area contributed by atoms with Crippen molar-refractivity contribution >= 4 is 9.90 Å². The van der Waals surface area contributed by atoms with Crippen LogP contribution >= 0.6 is 9.90 Å². The van der Waals surface area contributed by atoms with Crippen LogP contribution in [-0.4, -0.2) is 5.11 Å². The number of rotatable bonds is 0. The van der Waals surface area contributed by atoms with Gasteiger partial charge in [-0.1, -0.05) is 0 Å². The molecule has 9 heavy (non-hydrogen) atoms. The van der Waals surface area contributed by atoms with Gasteiger partial charge in [-0.25, -0.2) is 7.11 Å². The molecule has 0 aromatic heterocycles. The third-order valence-corrected chi connectivity index (χ3v) is 0. The fraction of sp³-hybridized carbons (Fsp3) is 0. The molecular weight excluding hydrogens is 592 g/mol. The Morgan fingerprint density at radius 3 is 0.556 bits per heavy atom. The summed E-state index contributed by atoms with van der Waals surface area (Å²) >= 11 is 0. The zero-order chi connectivity index (χ0) is 2.00. The van der Waals surface area contributed by atoms with E-state index in [-0.39, 0.29) is 206 Å². The third kappa shape index (κ3) is 51.7. The molecule has 0 rings (SSSR count). The van der Waals surface area contributed by atoms with E-state index in [1.54, 1.807) is 0 Å². The van der Waals surface area contributed by atoms with Crippen molar-refractivity contribution < 1.29 is 201 Å². The van der Waals surface area contributed by atoms with Crippen LogP contribution in [0.2, 0.25) is 0 Å². The third-order valence-electron chi connectivity index (χ3n) is 0. The van der Waals surface area contributed by atoms with Crippen LogP contribution in [0.1, 0.15) is 0 Å². The molecule has 0 amide bonds. The summed E-state index contributed by atoms with van der Waals surface area (Å²) in [6.07, 6.45) is 0.